The van der Waals surface area contributed by atoms with E-state index in [1.807, 2.05) is 18.2 Å². The second kappa shape index (κ2) is 11.1. The smallest absolute Gasteiger partial charge is 0.243 e. The predicted octanol–water partition coefficient (Wildman–Crippen LogP) is 3.09. The first-order valence-electron chi connectivity index (χ1n) is 12.4. The number of fused-ring (bicyclic) bond motifs is 3. The summed E-state index contributed by atoms with van der Waals surface area (Å²) in [6.07, 6.45) is 8.86. The number of aromatic hydroxyl groups is 1. The molecular weight excluding hydrogens is 452 g/mol. The lowest BCUT2D eigenvalue weighted by atomic mass is 9.53. The zero-order chi connectivity index (χ0) is 24.0. The van der Waals surface area contributed by atoms with Crippen molar-refractivity contribution in [3.05, 3.63) is 41.5 Å². The highest BCUT2D eigenvalue weighted by atomic mass is 35.5. The normalized spacial score (nSPS) is 29.1. The maximum absolute atomic E-state index is 12.4. The average Bonchev–Trinajstić information content (AvgIpc) is 2.83. The number of carbonyl (C=O) groups excluding carboxylic acids is 1. The summed E-state index contributed by atoms with van der Waals surface area (Å²) < 4.78 is 5.37. The van der Waals surface area contributed by atoms with E-state index < -0.39 is 5.60 Å². The molecule has 7 heteroatoms. The number of carbonyl (C=O) groups is 1. The highest BCUT2D eigenvalue weighted by Gasteiger charge is 2.50. The Morgan fingerprint density at radius 1 is 1.32 bits per heavy atom. The number of aryl methyl sites for hydroxylation is 1. The van der Waals surface area contributed by atoms with Gasteiger partial charge in [-0.1, -0.05) is 18.1 Å². The Morgan fingerprint density at radius 3 is 2.94 bits per heavy atom. The van der Waals surface area contributed by atoms with Crippen molar-refractivity contribution in [3.63, 3.8) is 0 Å². The lowest BCUT2D eigenvalue weighted by molar-refractivity contribution is -0.116. The van der Waals surface area contributed by atoms with Gasteiger partial charge in [0.25, 0.3) is 0 Å². The number of aliphatic hydroxyl groups is 1. The van der Waals surface area contributed by atoms with Gasteiger partial charge in [0.15, 0.2) is 0 Å². The van der Waals surface area contributed by atoms with Crippen LogP contribution in [0.5, 0.6) is 5.75 Å². The third-order valence-corrected chi connectivity index (χ3v) is 7.92. The molecule has 4 rings (SSSR count). The Labute approximate surface area is 207 Å². The van der Waals surface area contributed by atoms with Crippen molar-refractivity contribution >= 4 is 17.5 Å². The van der Waals surface area contributed by atoms with E-state index in [2.05, 4.69) is 21.5 Å². The van der Waals surface area contributed by atoms with Crippen molar-refractivity contribution in [3.8, 4) is 17.0 Å². The molecule has 1 saturated heterocycles. The van der Waals surface area contributed by atoms with Gasteiger partial charge in [-0.2, -0.15) is 0 Å². The van der Waals surface area contributed by atoms with Crippen LogP contribution >= 0.6 is 11.6 Å². The van der Waals surface area contributed by atoms with E-state index in [0.717, 1.165) is 64.1 Å². The van der Waals surface area contributed by atoms with E-state index in [0.29, 0.717) is 25.8 Å². The summed E-state index contributed by atoms with van der Waals surface area (Å²) in [4.78, 5) is 14.8. The van der Waals surface area contributed by atoms with Crippen LogP contribution < -0.4 is 5.32 Å². The number of amides is 1. The minimum atomic E-state index is -1.06. The maximum Gasteiger partial charge on any atom is 0.243 e. The summed E-state index contributed by atoms with van der Waals surface area (Å²) >= 11 is 5.63. The van der Waals surface area contributed by atoms with Gasteiger partial charge in [0.1, 0.15) is 11.4 Å². The second-order valence-electron chi connectivity index (χ2n) is 9.89. The fraction of sp³-hybridized carbons (Fsp3) is 0.593. The third-order valence-electron chi connectivity index (χ3n) is 7.82. The standard InChI is InChI=1S/C27H35ClN2O4/c28-12-11-26(33)9-10-27(22(20-26)5-4-21-19-23(31)6-7-24(21)27)8-1-3-25(32)29-13-2-14-30-15-17-34-18-16-30/h1,3,6-7,19,22,31,33H,2,4-5,8-10,13-18,20H2,(H,29,32)/b3-1+/t22-,26+,27-/m0/s1. The van der Waals surface area contributed by atoms with Crippen molar-refractivity contribution in [1.82, 2.24) is 10.2 Å². The first-order chi connectivity index (χ1) is 16.4. The average molecular weight is 487 g/mol. The van der Waals surface area contributed by atoms with Gasteiger partial charge in [-0.3, -0.25) is 9.69 Å². The van der Waals surface area contributed by atoms with Crippen LogP contribution in [0.2, 0.25) is 0 Å². The molecule has 184 valence electrons. The quantitative estimate of drug-likeness (QED) is 0.313. The number of morpholine rings is 1. The van der Waals surface area contributed by atoms with Crippen LogP contribution in [0, 0.1) is 17.2 Å². The van der Waals surface area contributed by atoms with Crippen molar-refractivity contribution in [2.75, 3.05) is 39.4 Å². The van der Waals surface area contributed by atoms with E-state index in [1.165, 1.54) is 5.56 Å². The van der Waals surface area contributed by atoms with Crippen molar-refractivity contribution in [2.45, 2.75) is 56.0 Å². The van der Waals surface area contributed by atoms with Gasteiger partial charge >= 0.3 is 0 Å². The number of rotatable bonds is 7. The highest BCUT2D eigenvalue weighted by Crippen LogP contribution is 2.54. The first-order valence-corrected chi connectivity index (χ1v) is 12.7. The molecule has 2 aliphatic carbocycles. The van der Waals surface area contributed by atoms with Gasteiger partial charge in [0.2, 0.25) is 5.91 Å². The van der Waals surface area contributed by atoms with Gasteiger partial charge < -0.3 is 20.3 Å². The van der Waals surface area contributed by atoms with Gasteiger partial charge in [0.05, 0.1) is 13.2 Å². The minimum absolute atomic E-state index is 0.0722. The Balaban J connectivity index is 1.39. The zero-order valence-corrected chi connectivity index (χ0v) is 20.4. The Morgan fingerprint density at radius 2 is 2.15 bits per heavy atom. The molecule has 0 bridgehead atoms. The number of allylic oxidation sites excluding steroid dienone is 1. The van der Waals surface area contributed by atoms with E-state index >= 15 is 0 Å². The molecule has 2 fully saturated rings. The lowest BCUT2D eigenvalue weighted by Gasteiger charge is -2.52. The molecular formula is C27H35ClN2O4. The number of phenols is 1. The van der Waals surface area contributed by atoms with E-state index in [1.54, 1.807) is 12.1 Å². The first kappa shape index (κ1) is 25.1. The van der Waals surface area contributed by atoms with E-state index in [9.17, 15) is 15.0 Å². The predicted molar refractivity (Wildman–Crippen MR) is 133 cm³/mol. The fourth-order valence-corrected chi connectivity index (χ4v) is 6.20. The van der Waals surface area contributed by atoms with Crippen molar-refractivity contribution < 1.29 is 19.7 Å². The Hall–Kier alpha value is -2.04. The van der Waals surface area contributed by atoms with Gasteiger partial charge in [-0.25, -0.2) is 0 Å². The number of halogens is 1. The third kappa shape index (κ3) is 5.78. The van der Waals surface area contributed by atoms with Crippen molar-refractivity contribution in [1.29, 1.82) is 0 Å². The van der Waals surface area contributed by atoms with Crippen LogP contribution in [-0.2, 0) is 21.4 Å². The van der Waals surface area contributed by atoms with E-state index in [-0.39, 0.29) is 23.0 Å². The molecule has 0 radical (unpaired) electrons. The number of phenolic OH excluding ortho intramolecular Hbond substituents is 1. The van der Waals surface area contributed by atoms with Gasteiger partial charge in [-0.05, 0) is 98.3 Å². The SMILES string of the molecule is O=C(/C=C/C[C@]12CC[C@@](O)(C#CCl)C[C@@H]1CCc1cc(O)ccc12)NCCCN1CCOCC1. The highest BCUT2D eigenvalue weighted by molar-refractivity contribution is 6.30. The molecule has 1 heterocycles. The number of benzene rings is 1. The summed E-state index contributed by atoms with van der Waals surface area (Å²) in [5.41, 5.74) is 1.13. The minimum Gasteiger partial charge on any atom is -0.508 e. The van der Waals surface area contributed by atoms with Gasteiger partial charge in [-0.15, -0.1) is 0 Å². The summed E-state index contributed by atoms with van der Waals surface area (Å²) in [6, 6.07) is 5.62. The molecule has 1 aromatic rings. The van der Waals surface area contributed by atoms with Crippen molar-refractivity contribution in [2.24, 2.45) is 5.92 Å². The summed E-state index contributed by atoms with van der Waals surface area (Å²) in [5.74, 6) is 3.24. The largest absolute Gasteiger partial charge is 0.508 e. The van der Waals surface area contributed by atoms with Crippen LogP contribution in [0.1, 0.15) is 49.7 Å². The molecule has 1 saturated carbocycles. The van der Waals surface area contributed by atoms with Crippen LogP contribution in [0.4, 0.5) is 0 Å². The molecule has 1 amide bonds. The summed E-state index contributed by atoms with van der Waals surface area (Å²) in [7, 11) is 0. The molecule has 6 nitrogen and oxygen atoms in total. The molecule has 1 aromatic carbocycles. The summed E-state index contributed by atoms with van der Waals surface area (Å²) in [6.45, 7) is 5.12. The molecule has 0 aromatic heterocycles. The molecule has 3 N–H and O–H groups in total. The Bertz CT molecular complexity index is 965. The number of hydrogen-bond donors (Lipinski definition) is 3. The second-order valence-corrected chi connectivity index (χ2v) is 10.1. The fourth-order valence-electron chi connectivity index (χ4n) is 6.03. The Kier molecular flexibility index (Phi) is 8.21. The number of nitrogens with one attached hydrogen (secondary N) is 1. The number of ether oxygens (including phenoxy) is 1. The lowest BCUT2D eigenvalue weighted by Crippen LogP contribution is -2.49. The topological polar surface area (TPSA) is 82.0 Å². The zero-order valence-electron chi connectivity index (χ0n) is 19.7. The maximum atomic E-state index is 12.4. The molecule has 0 unspecified atom stereocenters. The molecule has 3 atom stereocenters. The molecule has 3 aliphatic rings. The summed E-state index contributed by atoms with van der Waals surface area (Å²) in [5, 5.41) is 26.3. The number of hydrogen-bond acceptors (Lipinski definition) is 5. The van der Waals surface area contributed by atoms with Crippen LogP contribution in [0.15, 0.2) is 30.4 Å². The molecule has 1 aliphatic heterocycles. The van der Waals surface area contributed by atoms with Crippen LogP contribution in [-0.4, -0.2) is 66.0 Å². The monoisotopic (exact) mass is 486 g/mol. The van der Waals surface area contributed by atoms with E-state index in [4.69, 9.17) is 16.3 Å². The van der Waals surface area contributed by atoms with Crippen LogP contribution in [0.3, 0.4) is 0 Å². The molecule has 34 heavy (non-hydrogen) atoms. The number of nitrogens with zero attached hydrogens (tertiary/aromatic N) is 1. The van der Waals surface area contributed by atoms with Gasteiger partial charge in [0, 0.05) is 30.4 Å². The molecule has 0 spiro atoms. The van der Waals surface area contributed by atoms with Crippen LogP contribution in [0.25, 0.3) is 0 Å².